The van der Waals surface area contributed by atoms with Crippen LogP contribution in [0.1, 0.15) is 24.2 Å². The third-order valence-corrected chi connectivity index (χ3v) is 6.85. The summed E-state index contributed by atoms with van der Waals surface area (Å²) in [6, 6.07) is 9.68. The lowest BCUT2D eigenvalue weighted by atomic mass is 10.2. The van der Waals surface area contributed by atoms with E-state index in [0.717, 1.165) is 5.56 Å². The van der Waals surface area contributed by atoms with Crippen molar-refractivity contribution in [1.29, 1.82) is 0 Å². The second kappa shape index (κ2) is 9.38. The van der Waals surface area contributed by atoms with Gasteiger partial charge >= 0.3 is 0 Å². The van der Waals surface area contributed by atoms with Crippen molar-refractivity contribution < 1.29 is 27.2 Å². The largest absolute Gasteiger partial charge is 0.497 e. The third-order valence-electron chi connectivity index (χ3n) is 4.98. The number of ether oxygens (including phenoxy) is 2. The average Bonchev–Trinajstić information content (AvgIpc) is 3.27. The molecule has 10 nitrogen and oxygen atoms in total. The van der Waals surface area contributed by atoms with Crippen LogP contribution in [0.5, 0.6) is 11.5 Å². The van der Waals surface area contributed by atoms with Crippen molar-refractivity contribution in [2.45, 2.75) is 31.3 Å². The zero-order valence-corrected chi connectivity index (χ0v) is 19.4. The van der Waals surface area contributed by atoms with Crippen molar-refractivity contribution in [3.8, 4) is 11.5 Å². The Morgan fingerprint density at radius 3 is 2.67 bits per heavy atom. The van der Waals surface area contributed by atoms with Gasteiger partial charge in [0.1, 0.15) is 16.4 Å². The lowest BCUT2D eigenvalue weighted by Crippen LogP contribution is -2.38. The lowest BCUT2D eigenvalue weighted by molar-refractivity contribution is -0.121. The topological polar surface area (TPSA) is 124 Å². The molecular weight excluding hydrogens is 472 g/mol. The fourth-order valence-electron chi connectivity index (χ4n) is 3.22. The standard InChI is InChI=1S/C21H21ClN4O6S/c1-3-20-24-19(25-32-20)11-26-16-8-15(22)18(9-17(16)31-12-21(26)27)33(28,29)23-10-13-4-6-14(30-2)7-5-13/h4-9,23H,3,10-12H2,1-2H3. The van der Waals surface area contributed by atoms with E-state index in [4.69, 9.17) is 25.6 Å². The second-order valence-corrected chi connectivity index (χ2v) is 9.29. The number of halogens is 1. The second-order valence-electron chi connectivity index (χ2n) is 7.15. The highest BCUT2D eigenvalue weighted by atomic mass is 35.5. The van der Waals surface area contributed by atoms with Crippen LogP contribution in [0.15, 0.2) is 45.8 Å². The van der Waals surface area contributed by atoms with Crippen molar-refractivity contribution in [3.05, 3.63) is 58.7 Å². The number of anilines is 1. The number of rotatable bonds is 8. The fraction of sp³-hybridized carbons (Fsp3) is 0.286. The molecular formula is C21H21ClN4O6S. The highest BCUT2D eigenvalue weighted by Crippen LogP contribution is 2.39. The van der Waals surface area contributed by atoms with Crippen molar-refractivity contribution in [3.63, 3.8) is 0 Å². The van der Waals surface area contributed by atoms with Gasteiger partial charge in [0.05, 0.1) is 24.4 Å². The van der Waals surface area contributed by atoms with Crippen LogP contribution in [-0.4, -0.2) is 38.2 Å². The van der Waals surface area contributed by atoms with Crippen LogP contribution in [0, 0.1) is 0 Å². The predicted molar refractivity (Wildman–Crippen MR) is 119 cm³/mol. The molecule has 0 radical (unpaired) electrons. The number of methoxy groups -OCH3 is 1. The highest BCUT2D eigenvalue weighted by Gasteiger charge is 2.30. The number of aromatic nitrogens is 2. The van der Waals surface area contributed by atoms with Crippen molar-refractivity contribution in [2.75, 3.05) is 18.6 Å². The molecule has 0 saturated heterocycles. The van der Waals surface area contributed by atoms with Crippen LogP contribution < -0.4 is 19.1 Å². The van der Waals surface area contributed by atoms with Gasteiger partial charge in [-0.3, -0.25) is 9.69 Å². The van der Waals surface area contributed by atoms with Gasteiger partial charge in [-0.25, -0.2) is 13.1 Å². The normalized spacial score (nSPS) is 13.5. The number of aryl methyl sites for hydroxylation is 1. The first-order valence-corrected chi connectivity index (χ1v) is 11.9. The smallest absolute Gasteiger partial charge is 0.265 e. The molecule has 2 heterocycles. The van der Waals surface area contributed by atoms with Crippen molar-refractivity contribution in [2.24, 2.45) is 0 Å². The molecule has 0 aliphatic carbocycles. The maximum absolute atomic E-state index is 12.9. The first-order chi connectivity index (χ1) is 15.8. The molecule has 174 valence electrons. The molecule has 2 aromatic carbocycles. The van der Waals surface area contributed by atoms with Crippen LogP contribution in [0.25, 0.3) is 0 Å². The zero-order chi connectivity index (χ0) is 23.6. The molecule has 1 amide bonds. The number of nitrogens with zero attached hydrogens (tertiary/aromatic N) is 3. The van der Waals surface area contributed by atoms with E-state index in [2.05, 4.69) is 14.9 Å². The number of fused-ring (bicyclic) bond motifs is 1. The number of hydrogen-bond donors (Lipinski definition) is 1. The molecule has 0 saturated carbocycles. The summed E-state index contributed by atoms with van der Waals surface area (Å²) in [4.78, 5) is 17.9. The maximum Gasteiger partial charge on any atom is 0.265 e. The van der Waals surface area contributed by atoms with Crippen molar-refractivity contribution >= 4 is 33.2 Å². The first kappa shape index (κ1) is 23.0. The molecule has 0 atom stereocenters. The minimum absolute atomic E-state index is 0.0385. The first-order valence-electron chi connectivity index (χ1n) is 10.0. The van der Waals surface area contributed by atoms with Gasteiger partial charge in [0.25, 0.3) is 5.91 Å². The van der Waals surface area contributed by atoms with Gasteiger partial charge in [-0.2, -0.15) is 4.98 Å². The summed E-state index contributed by atoms with van der Waals surface area (Å²) < 4.78 is 44.0. The number of hydrogen-bond acceptors (Lipinski definition) is 8. The van der Waals surface area contributed by atoms with E-state index >= 15 is 0 Å². The van der Waals surface area contributed by atoms with Gasteiger partial charge in [-0.15, -0.1) is 0 Å². The van der Waals surface area contributed by atoms with E-state index in [-0.39, 0.29) is 41.3 Å². The van der Waals surface area contributed by atoms with Gasteiger partial charge in [0.15, 0.2) is 12.4 Å². The Hall–Kier alpha value is -3.15. The summed E-state index contributed by atoms with van der Waals surface area (Å²) in [7, 11) is -2.41. The van der Waals surface area contributed by atoms with Crippen LogP contribution in [0.3, 0.4) is 0 Å². The van der Waals surface area contributed by atoms with Gasteiger partial charge in [0, 0.05) is 19.0 Å². The van der Waals surface area contributed by atoms with Crippen LogP contribution in [0.2, 0.25) is 5.02 Å². The van der Waals surface area contributed by atoms with E-state index < -0.39 is 10.0 Å². The Labute approximate surface area is 195 Å². The fourth-order valence-corrected chi connectivity index (χ4v) is 4.77. The monoisotopic (exact) mass is 492 g/mol. The number of benzene rings is 2. The Morgan fingerprint density at radius 2 is 2.00 bits per heavy atom. The summed E-state index contributed by atoms with van der Waals surface area (Å²) in [6.45, 7) is 1.71. The Kier molecular flexibility index (Phi) is 6.54. The molecule has 33 heavy (non-hydrogen) atoms. The predicted octanol–water partition coefficient (Wildman–Crippen LogP) is 2.70. The van der Waals surface area contributed by atoms with Crippen LogP contribution >= 0.6 is 11.6 Å². The molecule has 1 N–H and O–H groups in total. The quantitative estimate of drug-likeness (QED) is 0.509. The van der Waals surface area contributed by atoms with E-state index in [0.29, 0.717) is 29.6 Å². The summed E-state index contributed by atoms with van der Waals surface area (Å²) >= 11 is 6.33. The molecule has 0 unspecified atom stereocenters. The van der Waals surface area contributed by atoms with E-state index in [1.54, 1.807) is 31.4 Å². The highest BCUT2D eigenvalue weighted by molar-refractivity contribution is 7.89. The van der Waals surface area contributed by atoms with Gasteiger partial charge in [0.2, 0.25) is 15.9 Å². The van der Waals surface area contributed by atoms with E-state index in [1.807, 2.05) is 6.92 Å². The number of carbonyl (C=O) groups excluding carboxylic acids is 1. The van der Waals surface area contributed by atoms with E-state index in [9.17, 15) is 13.2 Å². The number of sulfonamides is 1. The molecule has 0 spiro atoms. The summed E-state index contributed by atoms with van der Waals surface area (Å²) in [5, 5.41) is 3.81. The summed E-state index contributed by atoms with van der Waals surface area (Å²) in [5.41, 5.74) is 1.07. The number of nitrogens with one attached hydrogen (secondary N) is 1. The number of carbonyl (C=O) groups is 1. The number of amides is 1. The van der Waals surface area contributed by atoms with Crippen LogP contribution in [-0.2, 0) is 34.3 Å². The Bertz CT molecular complexity index is 1280. The molecule has 4 rings (SSSR count). The van der Waals surface area contributed by atoms with Crippen LogP contribution in [0.4, 0.5) is 5.69 Å². The minimum Gasteiger partial charge on any atom is -0.497 e. The molecule has 1 aliphatic rings. The molecule has 3 aromatic rings. The third kappa shape index (κ3) is 4.95. The Balaban J connectivity index is 1.57. The van der Waals surface area contributed by atoms with E-state index in [1.165, 1.54) is 17.0 Å². The molecule has 0 fully saturated rings. The minimum atomic E-state index is -3.96. The lowest BCUT2D eigenvalue weighted by Gasteiger charge is -2.29. The zero-order valence-electron chi connectivity index (χ0n) is 17.9. The molecule has 1 aromatic heterocycles. The maximum atomic E-state index is 12.9. The molecule has 1 aliphatic heterocycles. The van der Waals surface area contributed by atoms with Gasteiger partial charge < -0.3 is 14.0 Å². The van der Waals surface area contributed by atoms with Gasteiger partial charge in [-0.1, -0.05) is 35.8 Å². The SMILES string of the molecule is CCc1nc(CN2C(=O)COc3cc(S(=O)(=O)NCc4ccc(OC)cc4)c(Cl)cc32)no1. The summed E-state index contributed by atoms with van der Waals surface area (Å²) in [6.07, 6.45) is 0.567. The molecule has 0 bridgehead atoms. The molecule has 12 heteroatoms. The average molecular weight is 493 g/mol. The Morgan fingerprint density at radius 1 is 1.24 bits per heavy atom. The van der Waals surface area contributed by atoms with Gasteiger partial charge in [-0.05, 0) is 23.8 Å². The summed E-state index contributed by atoms with van der Waals surface area (Å²) in [5.74, 6) is 1.32. The van der Waals surface area contributed by atoms with Crippen molar-refractivity contribution in [1.82, 2.24) is 14.9 Å².